The normalized spacial score (nSPS) is 11.7. The van der Waals surface area contributed by atoms with E-state index in [1.807, 2.05) is 48.5 Å². The third-order valence-electron chi connectivity index (χ3n) is 7.13. The van der Waals surface area contributed by atoms with Crippen LogP contribution in [0.15, 0.2) is 126 Å². The van der Waals surface area contributed by atoms with Crippen LogP contribution in [0, 0.1) is 0 Å². The van der Waals surface area contributed by atoms with E-state index in [9.17, 15) is 0 Å². The van der Waals surface area contributed by atoms with E-state index in [-0.39, 0.29) is 0 Å². The van der Waals surface area contributed by atoms with Gasteiger partial charge in [-0.2, -0.15) is 0 Å². The van der Waals surface area contributed by atoms with Gasteiger partial charge in [0, 0.05) is 21.8 Å². The summed E-state index contributed by atoms with van der Waals surface area (Å²) < 4.78 is 8.66. The maximum absolute atomic E-state index is 6.59. The zero-order valence-electron chi connectivity index (χ0n) is 20.2. The minimum atomic E-state index is 0.712. The molecule has 3 aromatic heterocycles. The second kappa shape index (κ2) is 8.11. The number of para-hydroxylation sites is 2. The Labute approximate surface area is 217 Å². The van der Waals surface area contributed by atoms with Gasteiger partial charge in [-0.05, 0) is 47.5 Å². The number of rotatable bonds is 3. The van der Waals surface area contributed by atoms with Crippen molar-refractivity contribution in [2.24, 2.45) is 0 Å². The highest BCUT2D eigenvalue weighted by Crippen LogP contribution is 2.39. The van der Waals surface area contributed by atoms with E-state index in [4.69, 9.17) is 9.40 Å². The van der Waals surface area contributed by atoms with E-state index in [1.165, 1.54) is 0 Å². The van der Waals surface area contributed by atoms with E-state index in [2.05, 4.69) is 87.6 Å². The van der Waals surface area contributed by atoms with E-state index in [1.54, 1.807) is 0 Å². The highest BCUT2D eigenvalue weighted by molar-refractivity contribution is 6.11. The number of nitrogens with zero attached hydrogens (tertiary/aromatic N) is 4. The first kappa shape index (κ1) is 20.9. The number of hydrogen-bond donors (Lipinski definition) is 0. The zero-order chi connectivity index (χ0) is 25.1. The summed E-state index contributed by atoms with van der Waals surface area (Å²) in [5.41, 5.74) is 8.15. The van der Waals surface area contributed by atoms with Gasteiger partial charge in [-0.1, -0.05) is 84.9 Å². The first-order chi connectivity index (χ1) is 18.8. The van der Waals surface area contributed by atoms with Gasteiger partial charge in [0.15, 0.2) is 11.5 Å². The van der Waals surface area contributed by atoms with Gasteiger partial charge >= 0.3 is 0 Å². The monoisotopic (exact) mass is 488 g/mol. The van der Waals surface area contributed by atoms with Gasteiger partial charge in [-0.3, -0.25) is 4.57 Å². The molecule has 38 heavy (non-hydrogen) atoms. The highest BCUT2D eigenvalue weighted by Gasteiger charge is 2.22. The topological polar surface area (TPSA) is 56.7 Å². The number of furan rings is 1. The molecule has 0 N–H and O–H groups in total. The third kappa shape index (κ3) is 3.09. The first-order valence-corrected chi connectivity index (χ1v) is 12.6. The summed E-state index contributed by atoms with van der Waals surface area (Å²) >= 11 is 0. The Hall–Kier alpha value is -5.29. The SMILES string of the molecule is c1ccc(-c2ccc3c(c2)oc2c(-c4nc5c6ccccc6nnc5n4-c4ccccc4)cccc23)cc1. The Balaban J connectivity index is 1.43. The molecule has 5 heteroatoms. The second-order valence-electron chi connectivity index (χ2n) is 9.36. The van der Waals surface area contributed by atoms with Gasteiger partial charge in [0.25, 0.3) is 0 Å². The van der Waals surface area contributed by atoms with E-state index >= 15 is 0 Å². The first-order valence-electron chi connectivity index (χ1n) is 12.6. The molecule has 5 nitrogen and oxygen atoms in total. The van der Waals surface area contributed by atoms with Crippen molar-refractivity contribution in [1.29, 1.82) is 0 Å². The summed E-state index contributed by atoms with van der Waals surface area (Å²) in [5.74, 6) is 0.768. The van der Waals surface area contributed by atoms with E-state index in [0.717, 1.165) is 66.6 Å². The smallest absolute Gasteiger partial charge is 0.188 e. The predicted molar refractivity (Wildman–Crippen MR) is 152 cm³/mol. The van der Waals surface area contributed by atoms with Crippen LogP contribution in [0.3, 0.4) is 0 Å². The van der Waals surface area contributed by atoms with Crippen molar-refractivity contribution in [3.05, 3.63) is 121 Å². The lowest BCUT2D eigenvalue weighted by Crippen LogP contribution is -1.99. The molecule has 0 saturated carbocycles. The number of fused-ring (bicyclic) bond motifs is 6. The van der Waals surface area contributed by atoms with Crippen molar-refractivity contribution in [2.75, 3.05) is 0 Å². The average Bonchev–Trinajstić information content (AvgIpc) is 3.56. The summed E-state index contributed by atoms with van der Waals surface area (Å²) in [6.45, 7) is 0. The summed E-state index contributed by atoms with van der Waals surface area (Å²) in [7, 11) is 0. The Bertz CT molecular complexity index is 2130. The van der Waals surface area contributed by atoms with Gasteiger partial charge in [0.1, 0.15) is 16.7 Å². The Kier molecular flexibility index (Phi) is 4.45. The largest absolute Gasteiger partial charge is 0.455 e. The van der Waals surface area contributed by atoms with Crippen LogP contribution in [-0.2, 0) is 0 Å². The van der Waals surface area contributed by atoms with Gasteiger partial charge in [0.2, 0.25) is 0 Å². The standard InChI is InChI=1S/C33H20N4O/c1-3-10-21(11-4-1)22-18-19-24-25-15-9-16-27(31(25)38-29(24)20-22)32-34-30-26-14-7-8-17-28(26)35-36-33(30)37(32)23-12-5-2-6-13-23/h1-20H. The Morgan fingerprint density at radius 3 is 2.21 bits per heavy atom. The van der Waals surface area contributed by atoms with Crippen molar-refractivity contribution in [1.82, 2.24) is 19.7 Å². The fourth-order valence-corrected chi connectivity index (χ4v) is 5.33. The van der Waals surface area contributed by atoms with Crippen LogP contribution in [0.1, 0.15) is 0 Å². The molecule has 0 amide bonds. The molecule has 0 bridgehead atoms. The fourth-order valence-electron chi connectivity index (χ4n) is 5.33. The lowest BCUT2D eigenvalue weighted by molar-refractivity contribution is 0.669. The molecule has 0 unspecified atom stereocenters. The van der Waals surface area contributed by atoms with Crippen LogP contribution in [0.25, 0.3) is 72.2 Å². The molecule has 0 atom stereocenters. The summed E-state index contributed by atoms with van der Waals surface area (Å²) in [4.78, 5) is 5.17. The quantitative estimate of drug-likeness (QED) is 0.251. The van der Waals surface area contributed by atoms with Gasteiger partial charge in [-0.25, -0.2) is 4.98 Å². The Morgan fingerprint density at radius 1 is 0.579 bits per heavy atom. The molecule has 8 aromatic rings. The van der Waals surface area contributed by atoms with Crippen LogP contribution in [0.2, 0.25) is 0 Å². The molecule has 0 saturated heterocycles. The van der Waals surface area contributed by atoms with Crippen molar-refractivity contribution in [3.8, 4) is 28.2 Å². The summed E-state index contributed by atoms with van der Waals surface area (Å²) in [5, 5.41) is 12.2. The van der Waals surface area contributed by atoms with Crippen LogP contribution in [-0.4, -0.2) is 19.7 Å². The molecule has 0 fully saturated rings. The third-order valence-corrected chi connectivity index (χ3v) is 7.13. The van der Waals surface area contributed by atoms with Crippen LogP contribution in [0.4, 0.5) is 0 Å². The van der Waals surface area contributed by atoms with Crippen LogP contribution in [0.5, 0.6) is 0 Å². The van der Waals surface area contributed by atoms with E-state index < -0.39 is 0 Å². The minimum Gasteiger partial charge on any atom is -0.455 e. The van der Waals surface area contributed by atoms with E-state index in [0.29, 0.717) is 5.65 Å². The fraction of sp³-hybridized carbons (Fsp3) is 0. The average molecular weight is 489 g/mol. The molecule has 0 aliphatic heterocycles. The number of benzene rings is 5. The summed E-state index contributed by atoms with van der Waals surface area (Å²) in [6, 6.07) is 41.2. The zero-order valence-corrected chi connectivity index (χ0v) is 20.2. The highest BCUT2D eigenvalue weighted by atomic mass is 16.3. The molecule has 0 spiro atoms. The lowest BCUT2D eigenvalue weighted by Gasteiger charge is -2.09. The van der Waals surface area contributed by atoms with Gasteiger partial charge < -0.3 is 4.42 Å². The molecular formula is C33H20N4O. The molecule has 0 radical (unpaired) electrons. The van der Waals surface area contributed by atoms with Crippen molar-refractivity contribution >= 4 is 44.0 Å². The lowest BCUT2D eigenvalue weighted by atomic mass is 10.0. The number of imidazole rings is 1. The maximum Gasteiger partial charge on any atom is 0.188 e. The predicted octanol–water partition coefficient (Wildman–Crippen LogP) is 8.20. The molecular weight excluding hydrogens is 468 g/mol. The number of hydrogen-bond acceptors (Lipinski definition) is 4. The van der Waals surface area contributed by atoms with Crippen molar-refractivity contribution in [2.45, 2.75) is 0 Å². The van der Waals surface area contributed by atoms with Crippen LogP contribution >= 0.6 is 0 Å². The Morgan fingerprint density at radius 2 is 1.34 bits per heavy atom. The second-order valence-corrected chi connectivity index (χ2v) is 9.36. The maximum atomic E-state index is 6.59. The van der Waals surface area contributed by atoms with Gasteiger partial charge in [-0.15, -0.1) is 10.2 Å². The molecule has 0 aliphatic rings. The number of aromatic nitrogens is 4. The van der Waals surface area contributed by atoms with Crippen molar-refractivity contribution in [3.63, 3.8) is 0 Å². The minimum absolute atomic E-state index is 0.712. The summed E-state index contributed by atoms with van der Waals surface area (Å²) in [6.07, 6.45) is 0. The van der Waals surface area contributed by atoms with Gasteiger partial charge in [0.05, 0.1) is 11.1 Å². The molecule has 3 heterocycles. The molecule has 178 valence electrons. The van der Waals surface area contributed by atoms with Crippen LogP contribution < -0.4 is 0 Å². The molecule has 5 aromatic carbocycles. The molecule has 8 rings (SSSR count). The van der Waals surface area contributed by atoms with Crippen molar-refractivity contribution < 1.29 is 4.42 Å². The molecule has 0 aliphatic carbocycles.